The summed E-state index contributed by atoms with van der Waals surface area (Å²) in [7, 11) is 0. The van der Waals surface area contributed by atoms with Crippen molar-refractivity contribution in [2.24, 2.45) is 0 Å². The van der Waals surface area contributed by atoms with E-state index >= 15 is 0 Å². The Balaban J connectivity index is 1.25. The van der Waals surface area contributed by atoms with Crippen LogP contribution in [0, 0.1) is 25.2 Å². The highest BCUT2D eigenvalue weighted by Gasteiger charge is 2.28. The summed E-state index contributed by atoms with van der Waals surface area (Å²) < 4.78 is 8.38. The maximum absolute atomic E-state index is 9.85. The highest BCUT2D eigenvalue weighted by atomic mass is 16.4. The standard InChI is InChI=1S/C34H29N7O/c1-23-10-6-8-14-26(23)33-38-28(20-35)34(42-33)40-18-16-39(17-19-40)31-30-27(25-12-4-3-5-13-25)21-41(32(30)37-22-36-31)29-15-9-7-11-24(29)2/h3-15,21-22H,16-19H2,1-2H3. The van der Waals surface area contributed by atoms with Crippen molar-refractivity contribution < 1.29 is 4.42 Å². The number of hydrogen-bond donors (Lipinski definition) is 0. The van der Waals surface area contributed by atoms with E-state index in [-0.39, 0.29) is 0 Å². The van der Waals surface area contributed by atoms with E-state index in [0.29, 0.717) is 43.6 Å². The number of benzene rings is 3. The number of aromatic nitrogens is 4. The second kappa shape index (κ2) is 10.5. The van der Waals surface area contributed by atoms with Crippen molar-refractivity contribution in [2.45, 2.75) is 13.8 Å². The minimum atomic E-state index is 0.313. The average molecular weight is 552 g/mol. The highest BCUT2D eigenvalue weighted by molar-refractivity contribution is 6.02. The summed E-state index contributed by atoms with van der Waals surface area (Å²) in [5.74, 6) is 1.91. The third-order valence-electron chi connectivity index (χ3n) is 7.98. The lowest BCUT2D eigenvalue weighted by atomic mass is 10.1. The molecule has 3 aromatic carbocycles. The molecule has 0 saturated carbocycles. The van der Waals surface area contributed by atoms with Crippen molar-refractivity contribution in [3.8, 4) is 34.3 Å². The molecule has 1 aliphatic rings. The largest absolute Gasteiger partial charge is 0.419 e. The average Bonchev–Trinajstić information content (AvgIpc) is 3.64. The van der Waals surface area contributed by atoms with Gasteiger partial charge in [-0.3, -0.25) is 0 Å². The van der Waals surface area contributed by atoms with Gasteiger partial charge in [0.15, 0.2) is 5.65 Å². The summed E-state index contributed by atoms with van der Waals surface area (Å²) >= 11 is 0. The molecule has 3 aromatic heterocycles. The zero-order valence-corrected chi connectivity index (χ0v) is 23.5. The van der Waals surface area contributed by atoms with E-state index < -0.39 is 0 Å². The van der Waals surface area contributed by atoms with Crippen molar-refractivity contribution in [1.82, 2.24) is 19.5 Å². The molecule has 0 bridgehead atoms. The number of para-hydroxylation sites is 1. The van der Waals surface area contributed by atoms with Crippen LogP contribution >= 0.6 is 0 Å². The SMILES string of the molecule is Cc1ccccc1-c1nc(C#N)c(N2CCN(c3ncnc4c3c(-c3ccccc3)cn4-c3ccccc3C)CC2)o1. The van der Waals surface area contributed by atoms with Gasteiger partial charge in [0.2, 0.25) is 17.5 Å². The van der Waals surface area contributed by atoms with Crippen molar-refractivity contribution >= 4 is 22.7 Å². The van der Waals surface area contributed by atoms with Crippen LogP contribution in [0.1, 0.15) is 16.8 Å². The second-order valence-corrected chi connectivity index (χ2v) is 10.5. The maximum atomic E-state index is 9.85. The molecule has 0 radical (unpaired) electrons. The van der Waals surface area contributed by atoms with E-state index in [2.05, 4.69) is 87.1 Å². The molecule has 8 nitrogen and oxygen atoms in total. The smallest absolute Gasteiger partial charge is 0.235 e. The number of oxazole rings is 1. The van der Waals surface area contributed by atoms with Crippen LogP contribution in [0.3, 0.4) is 0 Å². The molecular weight excluding hydrogens is 522 g/mol. The summed E-state index contributed by atoms with van der Waals surface area (Å²) in [6.45, 7) is 6.89. The first-order valence-electron chi connectivity index (χ1n) is 14.1. The highest BCUT2D eigenvalue weighted by Crippen LogP contribution is 2.38. The van der Waals surface area contributed by atoms with Crippen LogP contribution in [0.2, 0.25) is 0 Å². The molecule has 7 rings (SSSR count). The summed E-state index contributed by atoms with van der Waals surface area (Å²) in [6.07, 6.45) is 3.84. The lowest BCUT2D eigenvalue weighted by Gasteiger charge is -2.35. The first-order valence-corrected chi connectivity index (χ1v) is 14.1. The molecule has 0 aliphatic carbocycles. The van der Waals surface area contributed by atoms with Crippen LogP contribution < -0.4 is 9.80 Å². The minimum Gasteiger partial charge on any atom is -0.419 e. The fraction of sp³-hybridized carbons (Fsp3) is 0.176. The molecule has 42 heavy (non-hydrogen) atoms. The van der Waals surface area contributed by atoms with E-state index in [1.165, 1.54) is 5.56 Å². The molecule has 1 fully saturated rings. The predicted octanol–water partition coefficient (Wildman–Crippen LogP) is 6.56. The molecule has 0 amide bonds. The first-order chi connectivity index (χ1) is 20.6. The van der Waals surface area contributed by atoms with Crippen LogP contribution in [-0.4, -0.2) is 45.7 Å². The number of hydrogen-bond acceptors (Lipinski definition) is 7. The number of nitriles is 1. The molecule has 8 heteroatoms. The van der Waals surface area contributed by atoms with Crippen molar-refractivity contribution in [3.63, 3.8) is 0 Å². The fourth-order valence-electron chi connectivity index (χ4n) is 5.79. The zero-order chi connectivity index (χ0) is 28.6. The van der Waals surface area contributed by atoms with E-state index in [0.717, 1.165) is 44.8 Å². The van der Waals surface area contributed by atoms with Crippen LogP contribution in [0.25, 0.3) is 39.3 Å². The number of rotatable bonds is 5. The fourth-order valence-corrected chi connectivity index (χ4v) is 5.79. The molecule has 4 heterocycles. The number of anilines is 2. The topological polar surface area (TPSA) is 87.0 Å². The monoisotopic (exact) mass is 551 g/mol. The van der Waals surface area contributed by atoms with E-state index in [1.54, 1.807) is 6.33 Å². The maximum Gasteiger partial charge on any atom is 0.235 e. The number of fused-ring (bicyclic) bond motifs is 1. The van der Waals surface area contributed by atoms with Gasteiger partial charge in [0.05, 0.1) is 5.39 Å². The Labute approximate surface area is 244 Å². The van der Waals surface area contributed by atoms with E-state index in [9.17, 15) is 5.26 Å². The second-order valence-electron chi connectivity index (χ2n) is 10.5. The zero-order valence-electron chi connectivity index (χ0n) is 23.5. The molecule has 0 spiro atoms. The summed E-state index contributed by atoms with van der Waals surface area (Å²) in [4.78, 5) is 18.6. The van der Waals surface area contributed by atoms with Gasteiger partial charge in [0.25, 0.3) is 0 Å². The van der Waals surface area contributed by atoms with Crippen LogP contribution in [0.15, 0.2) is 95.8 Å². The quantitative estimate of drug-likeness (QED) is 0.240. The van der Waals surface area contributed by atoms with Crippen molar-refractivity contribution in [3.05, 3.63) is 108 Å². The Morgan fingerprint density at radius 3 is 2.19 bits per heavy atom. The summed E-state index contributed by atoms with van der Waals surface area (Å²) in [6, 6.07) is 28.9. The minimum absolute atomic E-state index is 0.313. The lowest BCUT2D eigenvalue weighted by molar-refractivity contribution is 0.530. The molecule has 0 N–H and O–H groups in total. The first kappa shape index (κ1) is 25.5. The van der Waals surface area contributed by atoms with Gasteiger partial charge in [0.1, 0.15) is 18.2 Å². The normalized spacial score (nSPS) is 13.5. The Morgan fingerprint density at radius 1 is 0.762 bits per heavy atom. The van der Waals surface area contributed by atoms with Crippen molar-refractivity contribution in [2.75, 3.05) is 36.0 Å². The van der Waals surface area contributed by atoms with Crippen LogP contribution in [-0.2, 0) is 0 Å². The van der Waals surface area contributed by atoms with Gasteiger partial charge in [-0.05, 0) is 42.7 Å². The number of piperazine rings is 1. The molecule has 0 atom stereocenters. The molecular formula is C34H29N7O. The predicted molar refractivity (Wildman–Crippen MR) is 165 cm³/mol. The third kappa shape index (κ3) is 4.36. The molecule has 206 valence electrons. The third-order valence-corrected chi connectivity index (χ3v) is 7.98. The van der Waals surface area contributed by atoms with Gasteiger partial charge >= 0.3 is 0 Å². The van der Waals surface area contributed by atoms with Gasteiger partial charge in [-0.2, -0.15) is 10.2 Å². The van der Waals surface area contributed by atoms with E-state index in [1.807, 2.05) is 37.3 Å². The molecule has 0 unspecified atom stereocenters. The van der Waals surface area contributed by atoms with Gasteiger partial charge in [0, 0.05) is 49.2 Å². The number of nitrogens with zero attached hydrogens (tertiary/aromatic N) is 7. The van der Waals surface area contributed by atoms with Crippen molar-refractivity contribution in [1.29, 1.82) is 5.26 Å². The van der Waals surface area contributed by atoms with Gasteiger partial charge in [-0.1, -0.05) is 66.7 Å². The Kier molecular flexibility index (Phi) is 6.40. The van der Waals surface area contributed by atoms with Gasteiger partial charge in [-0.25, -0.2) is 9.97 Å². The molecule has 1 saturated heterocycles. The lowest BCUT2D eigenvalue weighted by Crippen LogP contribution is -2.47. The molecule has 1 aliphatic heterocycles. The van der Waals surface area contributed by atoms with Gasteiger partial charge < -0.3 is 18.8 Å². The summed E-state index contributed by atoms with van der Waals surface area (Å²) in [5, 5.41) is 10.9. The number of aryl methyl sites for hydroxylation is 2. The Hall–Kier alpha value is -5.42. The summed E-state index contributed by atoms with van der Waals surface area (Å²) in [5.41, 5.74) is 7.62. The Bertz CT molecular complexity index is 1940. The van der Waals surface area contributed by atoms with Crippen LogP contribution in [0.5, 0.6) is 0 Å². The van der Waals surface area contributed by atoms with E-state index in [4.69, 9.17) is 14.4 Å². The van der Waals surface area contributed by atoms with Crippen LogP contribution in [0.4, 0.5) is 11.7 Å². The van der Waals surface area contributed by atoms with Gasteiger partial charge in [-0.15, -0.1) is 0 Å². The Morgan fingerprint density at radius 2 is 1.45 bits per heavy atom. The molecule has 6 aromatic rings.